The van der Waals surface area contributed by atoms with Crippen LogP contribution in [0.25, 0.3) is 0 Å². The molecule has 1 rings (SSSR count). The van der Waals surface area contributed by atoms with E-state index in [9.17, 15) is 19.8 Å². The summed E-state index contributed by atoms with van der Waals surface area (Å²) in [7, 11) is 0. The number of carbonyl (C=O) groups excluding carboxylic acids is 1. The van der Waals surface area contributed by atoms with Crippen LogP contribution in [0.15, 0.2) is 24.3 Å². The topological polar surface area (TPSA) is 77.8 Å². The molecule has 98 valence electrons. The van der Waals surface area contributed by atoms with Crippen molar-refractivity contribution in [1.29, 1.82) is 0 Å². The zero-order valence-corrected chi connectivity index (χ0v) is 10.6. The lowest BCUT2D eigenvalue weighted by Crippen LogP contribution is -2.52. The summed E-state index contributed by atoms with van der Waals surface area (Å²) in [5.74, 6) is -1.07. The van der Waals surface area contributed by atoms with Crippen molar-refractivity contribution in [3.63, 3.8) is 0 Å². The maximum absolute atomic E-state index is 11.5. The predicted octanol–water partition coefficient (Wildman–Crippen LogP) is 1.56. The molecule has 1 aromatic rings. The van der Waals surface area contributed by atoms with E-state index >= 15 is 0 Å². The van der Waals surface area contributed by atoms with Gasteiger partial charge in [-0.25, -0.2) is 4.79 Å². The Balaban J connectivity index is 3.35. The molecule has 5 nitrogen and oxygen atoms in total. The molecule has 0 radical (unpaired) electrons. The van der Waals surface area contributed by atoms with Gasteiger partial charge in [-0.05, 0) is 38.5 Å². The van der Waals surface area contributed by atoms with E-state index in [2.05, 4.69) is 0 Å². The maximum Gasteiger partial charge on any atom is 0.334 e. The van der Waals surface area contributed by atoms with Gasteiger partial charge in [0.15, 0.2) is 5.54 Å². The van der Waals surface area contributed by atoms with Crippen molar-refractivity contribution < 1.29 is 19.8 Å². The average molecular weight is 251 g/mol. The summed E-state index contributed by atoms with van der Waals surface area (Å²) in [5, 5.41) is 18.7. The molecule has 0 bridgehead atoms. The zero-order chi connectivity index (χ0) is 13.9. The van der Waals surface area contributed by atoms with Gasteiger partial charge in [-0.3, -0.25) is 4.79 Å². The molecule has 5 heteroatoms. The highest BCUT2D eigenvalue weighted by Gasteiger charge is 2.42. The van der Waals surface area contributed by atoms with Crippen molar-refractivity contribution >= 4 is 12.4 Å². The highest BCUT2D eigenvalue weighted by Crippen LogP contribution is 2.30. The van der Waals surface area contributed by atoms with Gasteiger partial charge in [-0.2, -0.15) is 0 Å². The number of amides is 1. The van der Waals surface area contributed by atoms with Gasteiger partial charge in [0.05, 0.1) is 0 Å². The van der Waals surface area contributed by atoms with Gasteiger partial charge in [-0.1, -0.05) is 12.1 Å². The van der Waals surface area contributed by atoms with Gasteiger partial charge < -0.3 is 15.1 Å². The molecule has 1 atom stereocenters. The Hall–Kier alpha value is -2.04. The molecule has 0 heterocycles. The van der Waals surface area contributed by atoms with Crippen molar-refractivity contribution in [2.75, 3.05) is 0 Å². The number of nitrogens with zero attached hydrogens (tertiary/aromatic N) is 1. The van der Waals surface area contributed by atoms with Gasteiger partial charge in [0.2, 0.25) is 6.41 Å². The molecule has 0 saturated carbocycles. The number of carboxylic acid groups (broad SMARTS) is 1. The van der Waals surface area contributed by atoms with Gasteiger partial charge in [0.1, 0.15) is 5.75 Å². The molecule has 0 aliphatic rings. The van der Waals surface area contributed by atoms with E-state index in [0.29, 0.717) is 12.0 Å². The zero-order valence-electron chi connectivity index (χ0n) is 10.6. The molecule has 1 unspecified atom stereocenters. The predicted molar refractivity (Wildman–Crippen MR) is 66.1 cm³/mol. The monoisotopic (exact) mass is 251 g/mol. The van der Waals surface area contributed by atoms with Crippen LogP contribution in [0, 0.1) is 0 Å². The second kappa shape index (κ2) is 5.08. The number of carboxylic acids is 1. The van der Waals surface area contributed by atoms with Crippen LogP contribution < -0.4 is 0 Å². The van der Waals surface area contributed by atoms with Gasteiger partial charge in [0.25, 0.3) is 0 Å². The number of phenolic OH excluding ortho intramolecular Hbond substituents is 1. The minimum Gasteiger partial charge on any atom is -0.508 e. The van der Waals surface area contributed by atoms with Gasteiger partial charge in [0, 0.05) is 6.04 Å². The summed E-state index contributed by atoms with van der Waals surface area (Å²) in [6.45, 7) is 4.96. The first kappa shape index (κ1) is 14.0. The van der Waals surface area contributed by atoms with Crippen molar-refractivity contribution in [2.24, 2.45) is 0 Å². The van der Waals surface area contributed by atoms with Crippen molar-refractivity contribution in [3.8, 4) is 5.75 Å². The molecule has 0 fully saturated rings. The van der Waals surface area contributed by atoms with E-state index in [4.69, 9.17) is 0 Å². The van der Waals surface area contributed by atoms with E-state index in [0.717, 1.165) is 0 Å². The molecular formula is C13H17NO4. The summed E-state index contributed by atoms with van der Waals surface area (Å²) >= 11 is 0. The van der Waals surface area contributed by atoms with Crippen molar-refractivity contribution in [2.45, 2.75) is 32.4 Å². The number of benzene rings is 1. The fourth-order valence-electron chi connectivity index (χ4n) is 1.91. The molecule has 0 aliphatic carbocycles. The minimum absolute atomic E-state index is 0.0497. The van der Waals surface area contributed by atoms with E-state index in [1.165, 1.54) is 36.1 Å². The number of hydrogen-bond donors (Lipinski definition) is 2. The quantitative estimate of drug-likeness (QED) is 0.778. The SMILES string of the molecule is CC(C)N(C=O)C(C)(C(=O)O)c1ccc(O)cc1. The summed E-state index contributed by atoms with van der Waals surface area (Å²) in [6.07, 6.45) is 0.533. The molecular weight excluding hydrogens is 234 g/mol. The van der Waals surface area contributed by atoms with Crippen LogP contribution in [0.5, 0.6) is 5.75 Å². The summed E-state index contributed by atoms with van der Waals surface area (Å²) in [6, 6.07) is 5.56. The number of rotatable bonds is 5. The Morgan fingerprint density at radius 2 is 1.83 bits per heavy atom. The number of hydrogen-bond acceptors (Lipinski definition) is 3. The first-order valence-electron chi connectivity index (χ1n) is 5.60. The smallest absolute Gasteiger partial charge is 0.334 e. The molecule has 0 aromatic heterocycles. The van der Waals surface area contributed by atoms with Gasteiger partial charge in [-0.15, -0.1) is 0 Å². The molecule has 2 N–H and O–H groups in total. The second-order valence-electron chi connectivity index (χ2n) is 4.53. The Morgan fingerprint density at radius 3 is 2.17 bits per heavy atom. The summed E-state index contributed by atoms with van der Waals surface area (Å²) < 4.78 is 0. The number of phenols is 1. The summed E-state index contributed by atoms with van der Waals surface area (Å²) in [4.78, 5) is 23.9. The van der Waals surface area contributed by atoms with Gasteiger partial charge >= 0.3 is 5.97 Å². The van der Waals surface area contributed by atoms with E-state index in [1.807, 2.05) is 0 Å². The van der Waals surface area contributed by atoms with Crippen LogP contribution >= 0.6 is 0 Å². The first-order valence-corrected chi connectivity index (χ1v) is 5.60. The van der Waals surface area contributed by atoms with Crippen LogP contribution in [0.4, 0.5) is 0 Å². The van der Waals surface area contributed by atoms with Crippen LogP contribution in [0.2, 0.25) is 0 Å². The van der Waals surface area contributed by atoms with E-state index in [-0.39, 0.29) is 11.8 Å². The maximum atomic E-state index is 11.5. The second-order valence-corrected chi connectivity index (χ2v) is 4.53. The Kier molecular flexibility index (Phi) is 3.96. The molecule has 18 heavy (non-hydrogen) atoms. The van der Waals surface area contributed by atoms with Crippen LogP contribution in [-0.4, -0.2) is 33.5 Å². The molecule has 0 saturated heterocycles. The molecule has 1 amide bonds. The molecule has 1 aromatic carbocycles. The Morgan fingerprint density at radius 1 is 1.33 bits per heavy atom. The number of aliphatic carboxylic acids is 1. The fourth-order valence-corrected chi connectivity index (χ4v) is 1.91. The standard InChI is InChI=1S/C13H17NO4/c1-9(2)14(8-15)13(3,12(17)18)10-4-6-11(16)7-5-10/h4-9,16H,1-3H3,(H,17,18). The average Bonchev–Trinajstić information content (AvgIpc) is 2.29. The lowest BCUT2D eigenvalue weighted by molar-refractivity contribution is -0.156. The van der Waals surface area contributed by atoms with Crippen molar-refractivity contribution in [3.05, 3.63) is 29.8 Å². The Labute approximate surface area is 106 Å². The third kappa shape index (κ3) is 2.30. The van der Waals surface area contributed by atoms with Crippen molar-refractivity contribution in [1.82, 2.24) is 4.90 Å². The molecule has 0 spiro atoms. The summed E-state index contributed by atoms with van der Waals surface area (Å²) in [5.41, 5.74) is -1.02. The fraction of sp³-hybridized carbons (Fsp3) is 0.385. The number of carbonyl (C=O) groups is 2. The van der Waals surface area contributed by atoms with Crippen LogP contribution in [0.3, 0.4) is 0 Å². The molecule has 0 aliphatic heterocycles. The first-order chi connectivity index (χ1) is 8.33. The number of aromatic hydroxyl groups is 1. The largest absolute Gasteiger partial charge is 0.508 e. The lowest BCUT2D eigenvalue weighted by Gasteiger charge is -2.38. The van der Waals surface area contributed by atoms with E-state index < -0.39 is 11.5 Å². The lowest BCUT2D eigenvalue weighted by atomic mass is 9.89. The highest BCUT2D eigenvalue weighted by atomic mass is 16.4. The Bertz CT molecular complexity index is 441. The van der Waals surface area contributed by atoms with Crippen LogP contribution in [0.1, 0.15) is 26.3 Å². The van der Waals surface area contributed by atoms with Crippen LogP contribution in [-0.2, 0) is 15.1 Å². The van der Waals surface area contributed by atoms with E-state index in [1.54, 1.807) is 13.8 Å². The third-order valence-electron chi connectivity index (χ3n) is 3.03. The highest BCUT2D eigenvalue weighted by molar-refractivity contribution is 5.83. The normalized spacial score (nSPS) is 14.0. The minimum atomic E-state index is -1.45. The third-order valence-corrected chi connectivity index (χ3v) is 3.03.